The molecule has 0 atom stereocenters. The maximum Gasteiger partial charge on any atom is 0.220 e. The number of ether oxygens (including phenoxy) is 1. The Kier molecular flexibility index (Phi) is 3.35. The summed E-state index contributed by atoms with van der Waals surface area (Å²) in [6.45, 7) is 1.93. The average Bonchev–Trinajstić information content (AvgIpc) is 2.36. The topological polar surface area (TPSA) is 71.9 Å². The number of halogens is 1. The summed E-state index contributed by atoms with van der Waals surface area (Å²) in [4.78, 5) is 3.99. The second-order valence-electron chi connectivity index (χ2n) is 3.74. The van der Waals surface area contributed by atoms with Gasteiger partial charge in [-0.1, -0.05) is 17.7 Å². The SMILES string of the molecule is Cc1ccc(Cl)c(Oc2ccc(N)c(C#N)n2)c1. The van der Waals surface area contributed by atoms with Gasteiger partial charge in [0.1, 0.15) is 11.8 Å². The van der Waals surface area contributed by atoms with Crippen LogP contribution < -0.4 is 10.5 Å². The summed E-state index contributed by atoms with van der Waals surface area (Å²) in [5.41, 5.74) is 7.05. The number of hydrogen-bond donors (Lipinski definition) is 1. The first-order valence-electron chi connectivity index (χ1n) is 5.21. The molecule has 5 heteroatoms. The van der Waals surface area contributed by atoms with Gasteiger partial charge in [-0.15, -0.1) is 0 Å². The Hall–Kier alpha value is -2.25. The van der Waals surface area contributed by atoms with Crippen molar-refractivity contribution in [1.29, 1.82) is 5.26 Å². The summed E-state index contributed by atoms with van der Waals surface area (Å²) < 4.78 is 5.54. The normalized spacial score (nSPS) is 9.83. The van der Waals surface area contributed by atoms with E-state index in [9.17, 15) is 0 Å². The first-order valence-corrected chi connectivity index (χ1v) is 5.58. The van der Waals surface area contributed by atoms with E-state index in [0.29, 0.717) is 16.5 Å². The number of aryl methyl sites for hydroxylation is 1. The standard InChI is InChI=1S/C13H10ClN3O/c1-8-2-3-9(14)12(6-8)18-13-5-4-10(16)11(7-15)17-13/h2-6H,16H2,1H3. The van der Waals surface area contributed by atoms with Gasteiger partial charge in [-0.25, -0.2) is 4.98 Å². The Morgan fingerprint density at radius 2 is 2.11 bits per heavy atom. The maximum atomic E-state index is 8.83. The molecule has 0 spiro atoms. The van der Waals surface area contributed by atoms with Gasteiger partial charge in [0.05, 0.1) is 10.7 Å². The number of pyridine rings is 1. The molecule has 1 aromatic heterocycles. The Bertz CT molecular complexity index is 635. The number of nitrogens with two attached hydrogens (primary N) is 1. The predicted molar refractivity (Wildman–Crippen MR) is 69.6 cm³/mol. The van der Waals surface area contributed by atoms with Crippen LogP contribution in [0.4, 0.5) is 5.69 Å². The Balaban J connectivity index is 2.34. The van der Waals surface area contributed by atoms with Crippen molar-refractivity contribution in [3.8, 4) is 17.7 Å². The fourth-order valence-corrected chi connectivity index (χ4v) is 1.56. The van der Waals surface area contributed by atoms with Crippen molar-refractivity contribution < 1.29 is 4.74 Å². The largest absolute Gasteiger partial charge is 0.437 e. The fourth-order valence-electron chi connectivity index (χ4n) is 1.40. The lowest BCUT2D eigenvalue weighted by molar-refractivity contribution is 0.462. The van der Waals surface area contributed by atoms with Gasteiger partial charge in [0.15, 0.2) is 5.69 Å². The highest BCUT2D eigenvalue weighted by Crippen LogP contribution is 2.29. The summed E-state index contributed by atoms with van der Waals surface area (Å²) in [5.74, 6) is 0.783. The highest BCUT2D eigenvalue weighted by Gasteiger charge is 2.07. The maximum absolute atomic E-state index is 8.83. The molecule has 0 amide bonds. The molecule has 1 heterocycles. The molecule has 0 aliphatic carbocycles. The lowest BCUT2D eigenvalue weighted by Crippen LogP contribution is -1.96. The van der Waals surface area contributed by atoms with Crippen LogP contribution in [0.1, 0.15) is 11.3 Å². The number of benzene rings is 1. The molecule has 0 bridgehead atoms. The smallest absolute Gasteiger partial charge is 0.220 e. The van der Waals surface area contributed by atoms with E-state index in [1.807, 2.05) is 19.1 Å². The van der Waals surface area contributed by atoms with Crippen molar-refractivity contribution in [3.63, 3.8) is 0 Å². The van der Waals surface area contributed by atoms with E-state index in [-0.39, 0.29) is 11.6 Å². The zero-order chi connectivity index (χ0) is 13.1. The second kappa shape index (κ2) is 4.94. The molecule has 1 aromatic carbocycles. The third-order valence-corrected chi connectivity index (χ3v) is 2.62. The monoisotopic (exact) mass is 259 g/mol. The zero-order valence-corrected chi connectivity index (χ0v) is 10.4. The van der Waals surface area contributed by atoms with Gasteiger partial charge in [-0.05, 0) is 30.7 Å². The lowest BCUT2D eigenvalue weighted by atomic mass is 10.2. The van der Waals surface area contributed by atoms with E-state index in [1.54, 1.807) is 24.3 Å². The van der Waals surface area contributed by atoms with E-state index in [1.165, 1.54) is 0 Å². The minimum absolute atomic E-state index is 0.135. The van der Waals surface area contributed by atoms with Gasteiger partial charge >= 0.3 is 0 Å². The quantitative estimate of drug-likeness (QED) is 0.898. The van der Waals surface area contributed by atoms with Crippen molar-refractivity contribution in [2.75, 3.05) is 5.73 Å². The number of hydrogen-bond acceptors (Lipinski definition) is 4. The van der Waals surface area contributed by atoms with Crippen LogP contribution in [0, 0.1) is 18.3 Å². The average molecular weight is 260 g/mol. The molecule has 0 fully saturated rings. The Labute approximate surface area is 110 Å². The van der Waals surface area contributed by atoms with Crippen molar-refractivity contribution in [2.24, 2.45) is 0 Å². The first kappa shape index (κ1) is 12.2. The minimum atomic E-state index is 0.135. The van der Waals surface area contributed by atoms with Crippen LogP contribution in [0.25, 0.3) is 0 Å². The highest BCUT2D eigenvalue weighted by molar-refractivity contribution is 6.32. The van der Waals surface area contributed by atoms with Crippen molar-refractivity contribution >= 4 is 17.3 Å². The van der Waals surface area contributed by atoms with Crippen molar-refractivity contribution in [2.45, 2.75) is 6.92 Å². The summed E-state index contributed by atoms with van der Waals surface area (Å²) in [6.07, 6.45) is 0. The predicted octanol–water partition coefficient (Wildman–Crippen LogP) is 3.29. The molecule has 2 rings (SSSR count). The molecule has 0 aliphatic rings. The summed E-state index contributed by atoms with van der Waals surface area (Å²) >= 11 is 6.01. The first-order chi connectivity index (χ1) is 8.60. The number of nitrogen functional groups attached to an aromatic ring is 1. The fraction of sp³-hybridized carbons (Fsp3) is 0.0769. The van der Waals surface area contributed by atoms with Gasteiger partial charge < -0.3 is 10.5 Å². The van der Waals surface area contributed by atoms with Crippen molar-refractivity contribution in [3.05, 3.63) is 46.6 Å². The number of nitriles is 1. The molecule has 0 saturated heterocycles. The van der Waals surface area contributed by atoms with Crippen molar-refractivity contribution in [1.82, 2.24) is 4.98 Å². The van der Waals surface area contributed by atoms with Gasteiger partial charge in [0, 0.05) is 6.07 Å². The Morgan fingerprint density at radius 1 is 1.33 bits per heavy atom. The molecule has 0 unspecified atom stereocenters. The van der Waals surface area contributed by atoms with E-state index in [0.717, 1.165) is 5.56 Å². The number of anilines is 1. The van der Waals surface area contributed by atoms with Gasteiger partial charge in [0.2, 0.25) is 5.88 Å². The highest BCUT2D eigenvalue weighted by atomic mass is 35.5. The zero-order valence-electron chi connectivity index (χ0n) is 9.64. The molecular formula is C13H10ClN3O. The third kappa shape index (κ3) is 2.53. The third-order valence-electron chi connectivity index (χ3n) is 2.31. The molecule has 4 nitrogen and oxygen atoms in total. The molecule has 2 N–H and O–H groups in total. The summed E-state index contributed by atoms with van der Waals surface area (Å²) in [5, 5.41) is 9.32. The number of nitrogens with zero attached hydrogens (tertiary/aromatic N) is 2. The lowest BCUT2D eigenvalue weighted by Gasteiger charge is -2.08. The van der Waals surface area contributed by atoms with E-state index < -0.39 is 0 Å². The van der Waals surface area contributed by atoms with E-state index >= 15 is 0 Å². The number of aromatic nitrogens is 1. The molecule has 0 aliphatic heterocycles. The molecule has 90 valence electrons. The van der Waals surface area contributed by atoms with Gasteiger partial charge in [-0.2, -0.15) is 5.26 Å². The summed E-state index contributed by atoms with van der Waals surface area (Å²) in [6, 6.07) is 10.5. The minimum Gasteiger partial charge on any atom is -0.437 e. The molecule has 18 heavy (non-hydrogen) atoms. The van der Waals surface area contributed by atoms with Crippen LogP contribution in [-0.2, 0) is 0 Å². The summed E-state index contributed by atoms with van der Waals surface area (Å²) in [7, 11) is 0. The number of rotatable bonds is 2. The molecular weight excluding hydrogens is 250 g/mol. The van der Waals surface area contributed by atoms with Crippen LogP contribution in [0.5, 0.6) is 11.6 Å². The van der Waals surface area contributed by atoms with Crippen LogP contribution in [0.3, 0.4) is 0 Å². The molecule has 0 radical (unpaired) electrons. The van der Waals surface area contributed by atoms with Gasteiger partial charge in [0.25, 0.3) is 0 Å². The molecule has 0 saturated carbocycles. The second-order valence-corrected chi connectivity index (χ2v) is 4.14. The molecule has 2 aromatic rings. The van der Waals surface area contributed by atoms with Crippen LogP contribution in [0.2, 0.25) is 5.02 Å². The van der Waals surface area contributed by atoms with Crippen LogP contribution >= 0.6 is 11.6 Å². The Morgan fingerprint density at radius 3 is 2.83 bits per heavy atom. The van der Waals surface area contributed by atoms with E-state index in [2.05, 4.69) is 4.98 Å². The van der Waals surface area contributed by atoms with E-state index in [4.69, 9.17) is 27.3 Å². The van der Waals surface area contributed by atoms with Gasteiger partial charge in [-0.3, -0.25) is 0 Å². The van der Waals surface area contributed by atoms with Crippen LogP contribution in [-0.4, -0.2) is 4.98 Å². The van der Waals surface area contributed by atoms with Crippen LogP contribution in [0.15, 0.2) is 30.3 Å².